The van der Waals surface area contributed by atoms with Crippen molar-refractivity contribution in [2.45, 2.75) is 25.4 Å². The first-order valence-corrected chi connectivity index (χ1v) is 5.41. The van der Waals surface area contributed by atoms with Crippen LogP contribution < -0.4 is 5.32 Å². The second-order valence-electron chi connectivity index (χ2n) is 3.82. The van der Waals surface area contributed by atoms with Gasteiger partial charge in [0.25, 0.3) is 0 Å². The van der Waals surface area contributed by atoms with Crippen LogP contribution in [0.3, 0.4) is 0 Å². The van der Waals surface area contributed by atoms with Crippen LogP contribution in [0.15, 0.2) is 0 Å². The Kier molecular flexibility index (Phi) is 5.04. The van der Waals surface area contributed by atoms with Gasteiger partial charge in [-0.05, 0) is 12.8 Å². The van der Waals surface area contributed by atoms with E-state index in [4.69, 9.17) is 9.84 Å². The first-order valence-electron chi connectivity index (χ1n) is 5.41. The summed E-state index contributed by atoms with van der Waals surface area (Å²) in [6, 6.07) is -0.134. The van der Waals surface area contributed by atoms with Crippen LogP contribution >= 0.6 is 0 Å². The molecular formula is C10H18N2O4. The lowest BCUT2D eigenvalue weighted by molar-refractivity contribution is -0.137. The molecular weight excluding hydrogens is 212 g/mol. The summed E-state index contributed by atoms with van der Waals surface area (Å²) in [5, 5.41) is 11.1. The summed E-state index contributed by atoms with van der Waals surface area (Å²) in [6.07, 6.45) is 1.53. The Morgan fingerprint density at radius 1 is 1.56 bits per heavy atom. The number of nitrogens with zero attached hydrogens (tertiary/aromatic N) is 1. The normalized spacial score (nSPS) is 19.8. The zero-order valence-electron chi connectivity index (χ0n) is 9.44. The van der Waals surface area contributed by atoms with Gasteiger partial charge in [0.1, 0.15) is 0 Å². The maximum atomic E-state index is 11.6. The molecule has 1 saturated heterocycles. The maximum absolute atomic E-state index is 11.6. The number of hydrogen-bond donors (Lipinski definition) is 2. The summed E-state index contributed by atoms with van der Waals surface area (Å²) in [5.41, 5.74) is 0. The van der Waals surface area contributed by atoms with E-state index in [0.717, 1.165) is 6.42 Å². The van der Waals surface area contributed by atoms with E-state index in [2.05, 4.69) is 5.32 Å². The van der Waals surface area contributed by atoms with Gasteiger partial charge >= 0.3 is 12.0 Å². The summed E-state index contributed by atoms with van der Waals surface area (Å²) in [5.74, 6) is -0.838. The molecule has 6 heteroatoms. The predicted molar refractivity (Wildman–Crippen MR) is 57.3 cm³/mol. The summed E-state index contributed by atoms with van der Waals surface area (Å²) in [7, 11) is 1.64. The van der Waals surface area contributed by atoms with E-state index in [1.54, 1.807) is 12.0 Å². The Balaban J connectivity index is 2.13. The molecule has 1 rings (SSSR count). The molecule has 0 aromatic heterocycles. The van der Waals surface area contributed by atoms with E-state index in [0.29, 0.717) is 26.1 Å². The van der Waals surface area contributed by atoms with Crippen molar-refractivity contribution in [3.63, 3.8) is 0 Å². The number of rotatable bonds is 5. The highest BCUT2D eigenvalue weighted by Gasteiger charge is 2.25. The highest BCUT2D eigenvalue weighted by Crippen LogP contribution is 2.11. The van der Waals surface area contributed by atoms with Gasteiger partial charge in [0.15, 0.2) is 0 Å². The molecule has 1 aliphatic heterocycles. The molecule has 1 fully saturated rings. The van der Waals surface area contributed by atoms with Crippen LogP contribution in [0.4, 0.5) is 4.79 Å². The topological polar surface area (TPSA) is 78.9 Å². The first kappa shape index (κ1) is 12.8. The van der Waals surface area contributed by atoms with Gasteiger partial charge in [-0.1, -0.05) is 0 Å². The third-order valence-electron chi connectivity index (χ3n) is 2.61. The molecule has 1 aliphatic rings. The second-order valence-corrected chi connectivity index (χ2v) is 3.82. The zero-order chi connectivity index (χ0) is 12.0. The van der Waals surface area contributed by atoms with Crippen molar-refractivity contribution in [3.05, 3.63) is 0 Å². The monoisotopic (exact) mass is 230 g/mol. The minimum Gasteiger partial charge on any atom is -0.481 e. The van der Waals surface area contributed by atoms with E-state index >= 15 is 0 Å². The molecule has 1 heterocycles. The number of carbonyl (C=O) groups is 2. The Bertz CT molecular complexity index is 257. The van der Waals surface area contributed by atoms with Gasteiger partial charge in [0.05, 0.1) is 6.10 Å². The molecule has 92 valence electrons. The Labute approximate surface area is 94.6 Å². The smallest absolute Gasteiger partial charge is 0.317 e. The van der Waals surface area contributed by atoms with Crippen LogP contribution in [0.2, 0.25) is 0 Å². The van der Waals surface area contributed by atoms with E-state index in [9.17, 15) is 9.59 Å². The highest BCUT2D eigenvalue weighted by atomic mass is 16.5. The second kappa shape index (κ2) is 6.32. The summed E-state index contributed by atoms with van der Waals surface area (Å²) in [4.78, 5) is 23.5. The fourth-order valence-electron chi connectivity index (χ4n) is 1.65. The van der Waals surface area contributed by atoms with Crippen molar-refractivity contribution in [2.24, 2.45) is 0 Å². The third kappa shape index (κ3) is 4.06. The molecule has 1 atom stereocenters. The molecule has 0 bridgehead atoms. The number of carboxylic acid groups (broad SMARTS) is 1. The lowest BCUT2D eigenvalue weighted by Crippen LogP contribution is -2.39. The Morgan fingerprint density at radius 2 is 2.31 bits per heavy atom. The largest absolute Gasteiger partial charge is 0.481 e. The maximum Gasteiger partial charge on any atom is 0.317 e. The first-order chi connectivity index (χ1) is 7.63. The summed E-state index contributed by atoms with van der Waals surface area (Å²) >= 11 is 0. The van der Waals surface area contributed by atoms with Crippen molar-refractivity contribution in [1.29, 1.82) is 0 Å². The number of aliphatic carboxylic acids is 1. The van der Waals surface area contributed by atoms with Crippen LogP contribution in [0.25, 0.3) is 0 Å². The molecule has 2 amide bonds. The SMILES string of the molecule is COC1CCN(C(=O)NCCCC(=O)O)C1. The summed E-state index contributed by atoms with van der Waals surface area (Å²) in [6.45, 7) is 1.71. The van der Waals surface area contributed by atoms with Crippen molar-refractivity contribution in [3.8, 4) is 0 Å². The van der Waals surface area contributed by atoms with Crippen LogP contribution in [0, 0.1) is 0 Å². The van der Waals surface area contributed by atoms with Crippen LogP contribution in [-0.2, 0) is 9.53 Å². The fraction of sp³-hybridized carbons (Fsp3) is 0.800. The number of urea groups is 1. The molecule has 0 saturated carbocycles. The molecule has 16 heavy (non-hydrogen) atoms. The van der Waals surface area contributed by atoms with Gasteiger partial charge in [-0.25, -0.2) is 4.79 Å². The van der Waals surface area contributed by atoms with Gasteiger partial charge in [-0.2, -0.15) is 0 Å². The van der Waals surface area contributed by atoms with Crippen molar-refractivity contribution in [2.75, 3.05) is 26.7 Å². The van der Waals surface area contributed by atoms with Crippen LogP contribution in [-0.4, -0.2) is 54.9 Å². The third-order valence-corrected chi connectivity index (χ3v) is 2.61. The number of likely N-dealkylation sites (tertiary alicyclic amines) is 1. The minimum atomic E-state index is -0.838. The average Bonchev–Trinajstić information content (AvgIpc) is 2.72. The highest BCUT2D eigenvalue weighted by molar-refractivity contribution is 5.74. The number of amides is 2. The number of hydrogen-bond acceptors (Lipinski definition) is 3. The summed E-state index contributed by atoms with van der Waals surface area (Å²) < 4.78 is 5.15. The van der Waals surface area contributed by atoms with Crippen molar-refractivity contribution in [1.82, 2.24) is 10.2 Å². The number of methoxy groups -OCH3 is 1. The van der Waals surface area contributed by atoms with E-state index in [1.165, 1.54) is 0 Å². The number of nitrogens with one attached hydrogen (secondary N) is 1. The molecule has 0 radical (unpaired) electrons. The Hall–Kier alpha value is -1.30. The van der Waals surface area contributed by atoms with Gasteiger partial charge in [0, 0.05) is 33.2 Å². The molecule has 0 aromatic carbocycles. The van der Waals surface area contributed by atoms with Gasteiger partial charge in [0.2, 0.25) is 0 Å². The van der Waals surface area contributed by atoms with Gasteiger partial charge < -0.3 is 20.1 Å². The molecule has 0 spiro atoms. The van der Waals surface area contributed by atoms with Crippen molar-refractivity contribution < 1.29 is 19.4 Å². The number of ether oxygens (including phenoxy) is 1. The fourth-order valence-corrected chi connectivity index (χ4v) is 1.65. The molecule has 0 aromatic rings. The molecule has 0 aliphatic carbocycles. The van der Waals surface area contributed by atoms with Crippen LogP contribution in [0.1, 0.15) is 19.3 Å². The van der Waals surface area contributed by atoms with E-state index in [1.807, 2.05) is 0 Å². The van der Waals surface area contributed by atoms with Gasteiger partial charge in [-0.3, -0.25) is 4.79 Å². The van der Waals surface area contributed by atoms with Gasteiger partial charge in [-0.15, -0.1) is 0 Å². The van der Waals surface area contributed by atoms with Crippen LogP contribution in [0.5, 0.6) is 0 Å². The lowest BCUT2D eigenvalue weighted by Gasteiger charge is -2.16. The lowest BCUT2D eigenvalue weighted by atomic mass is 10.3. The molecule has 6 nitrogen and oxygen atoms in total. The molecule has 1 unspecified atom stereocenters. The predicted octanol–water partition coefficient (Wildman–Crippen LogP) is 0.281. The number of carbonyl (C=O) groups excluding carboxylic acids is 1. The zero-order valence-corrected chi connectivity index (χ0v) is 9.44. The van der Waals surface area contributed by atoms with E-state index < -0.39 is 5.97 Å². The average molecular weight is 230 g/mol. The Morgan fingerprint density at radius 3 is 2.88 bits per heavy atom. The number of carboxylic acids is 1. The molecule has 2 N–H and O–H groups in total. The standard InChI is InChI=1S/C10H18N2O4/c1-16-8-4-6-12(7-8)10(15)11-5-2-3-9(13)14/h8H,2-7H2,1H3,(H,11,15)(H,13,14). The minimum absolute atomic E-state index is 0.0843. The van der Waals surface area contributed by atoms with E-state index in [-0.39, 0.29) is 18.6 Å². The van der Waals surface area contributed by atoms with Crippen molar-refractivity contribution >= 4 is 12.0 Å². The quantitative estimate of drug-likeness (QED) is 0.665.